The minimum absolute atomic E-state index is 0. The fourth-order valence-corrected chi connectivity index (χ4v) is 2.96. The molecule has 1 aromatic heterocycles. The first-order valence-corrected chi connectivity index (χ1v) is 8.17. The van der Waals surface area contributed by atoms with Crippen molar-refractivity contribution < 1.29 is 9.90 Å². The molecule has 1 aliphatic rings. The monoisotopic (exact) mass is 366 g/mol. The molecule has 0 spiro atoms. The summed E-state index contributed by atoms with van der Waals surface area (Å²) in [6.07, 6.45) is -0.459. The van der Waals surface area contributed by atoms with Crippen LogP contribution in [-0.4, -0.2) is 46.5 Å². The molecule has 1 amide bonds. The number of hydrogen-bond donors (Lipinski definition) is 3. The molecule has 0 bridgehead atoms. The quantitative estimate of drug-likeness (QED) is 0.740. The molecule has 2 heterocycles. The molecule has 2 atom stereocenters. The van der Waals surface area contributed by atoms with Crippen LogP contribution in [0.4, 0.5) is 0 Å². The van der Waals surface area contributed by atoms with Crippen molar-refractivity contribution in [2.75, 3.05) is 19.6 Å². The van der Waals surface area contributed by atoms with Crippen LogP contribution in [0.25, 0.3) is 10.8 Å². The first kappa shape index (κ1) is 19.4. The fraction of sp³-hybridized carbons (Fsp3) is 0.471. The van der Waals surface area contributed by atoms with E-state index in [1.54, 1.807) is 24.3 Å². The van der Waals surface area contributed by atoms with Gasteiger partial charge in [-0.1, -0.05) is 18.2 Å². The molecule has 1 aromatic carbocycles. The number of aliphatic hydroxyl groups excluding tert-OH is 1. The fourth-order valence-electron chi connectivity index (χ4n) is 2.96. The maximum atomic E-state index is 12.6. The Kier molecular flexibility index (Phi) is 6.16. The summed E-state index contributed by atoms with van der Waals surface area (Å²) in [6.45, 7) is 5.28. The van der Waals surface area contributed by atoms with E-state index in [9.17, 15) is 14.7 Å². The molecular weight excluding hydrogens is 344 g/mol. The second kappa shape index (κ2) is 7.95. The van der Waals surface area contributed by atoms with Crippen molar-refractivity contribution >= 4 is 29.1 Å². The van der Waals surface area contributed by atoms with Gasteiger partial charge in [0.05, 0.1) is 17.5 Å². The van der Waals surface area contributed by atoms with Crippen molar-refractivity contribution in [2.45, 2.75) is 26.0 Å². The highest BCUT2D eigenvalue weighted by Gasteiger charge is 2.26. The van der Waals surface area contributed by atoms with Crippen LogP contribution in [-0.2, 0) is 0 Å². The first-order chi connectivity index (χ1) is 11.5. The number of aromatic nitrogens is 2. The van der Waals surface area contributed by atoms with Crippen molar-refractivity contribution in [3.63, 3.8) is 0 Å². The zero-order valence-electron chi connectivity index (χ0n) is 14.2. The van der Waals surface area contributed by atoms with Crippen molar-refractivity contribution in [3.05, 3.63) is 40.3 Å². The number of halogens is 1. The minimum Gasteiger partial charge on any atom is -0.391 e. The molecule has 2 aromatic rings. The molecule has 0 saturated carbocycles. The summed E-state index contributed by atoms with van der Waals surface area (Å²) in [5.74, 6) is -0.351. The van der Waals surface area contributed by atoms with Gasteiger partial charge in [-0.2, -0.15) is 5.10 Å². The van der Waals surface area contributed by atoms with Gasteiger partial charge >= 0.3 is 0 Å². The topological polar surface area (TPSA) is 96.2 Å². The van der Waals surface area contributed by atoms with E-state index >= 15 is 0 Å². The summed E-state index contributed by atoms with van der Waals surface area (Å²) in [7, 11) is 0. The normalized spacial score (nSPS) is 19.8. The number of nitrogens with one attached hydrogen (secondary N) is 2. The molecule has 7 nitrogen and oxygen atoms in total. The lowest BCUT2D eigenvalue weighted by Gasteiger charge is -2.16. The molecular formula is C17H23ClN4O3. The van der Waals surface area contributed by atoms with E-state index in [-0.39, 0.29) is 41.5 Å². The van der Waals surface area contributed by atoms with Gasteiger partial charge in [0, 0.05) is 30.9 Å². The highest BCUT2D eigenvalue weighted by molar-refractivity contribution is 6.04. The van der Waals surface area contributed by atoms with Crippen LogP contribution in [0, 0.1) is 5.92 Å². The molecule has 1 saturated heterocycles. The number of amides is 1. The van der Waals surface area contributed by atoms with Gasteiger partial charge in [-0.05, 0) is 19.9 Å². The molecule has 1 aliphatic heterocycles. The molecule has 0 radical (unpaired) electrons. The Morgan fingerprint density at radius 3 is 2.64 bits per heavy atom. The molecule has 3 N–H and O–H groups in total. The van der Waals surface area contributed by atoms with E-state index in [0.717, 1.165) is 0 Å². The number of β-amino-alcohol motifs (C(OH)–C–C–N with tert-alkyl or cyclic N) is 1. The molecule has 8 heteroatoms. The Morgan fingerprint density at radius 1 is 1.36 bits per heavy atom. The molecule has 2 unspecified atom stereocenters. The van der Waals surface area contributed by atoms with Gasteiger partial charge in [-0.15, -0.1) is 12.4 Å². The van der Waals surface area contributed by atoms with Crippen LogP contribution in [0.3, 0.4) is 0 Å². The van der Waals surface area contributed by atoms with Gasteiger partial charge in [0.15, 0.2) is 5.69 Å². The average molecular weight is 367 g/mol. The van der Waals surface area contributed by atoms with Gasteiger partial charge in [0.1, 0.15) is 0 Å². The smallest absolute Gasteiger partial charge is 0.274 e. The highest BCUT2D eigenvalue weighted by atomic mass is 35.5. The highest BCUT2D eigenvalue weighted by Crippen LogP contribution is 2.15. The largest absolute Gasteiger partial charge is 0.391 e. The van der Waals surface area contributed by atoms with Crippen molar-refractivity contribution in [1.82, 2.24) is 20.4 Å². The lowest BCUT2D eigenvalue weighted by molar-refractivity contribution is 0.0921. The van der Waals surface area contributed by atoms with Crippen LogP contribution < -0.4 is 16.2 Å². The molecule has 1 fully saturated rings. The lowest BCUT2D eigenvalue weighted by Crippen LogP contribution is -2.36. The zero-order valence-corrected chi connectivity index (χ0v) is 15.0. The maximum absolute atomic E-state index is 12.6. The van der Waals surface area contributed by atoms with E-state index in [1.165, 1.54) is 4.68 Å². The number of carbonyl (C=O) groups is 1. The SMILES string of the molecule is CC(C)n1nc(C(=O)NCC2CNCC2O)c2ccccc2c1=O.Cl. The summed E-state index contributed by atoms with van der Waals surface area (Å²) >= 11 is 0. The van der Waals surface area contributed by atoms with E-state index in [0.29, 0.717) is 30.4 Å². The predicted molar refractivity (Wildman–Crippen MR) is 98.3 cm³/mol. The minimum atomic E-state index is -0.459. The number of fused-ring (bicyclic) bond motifs is 1. The number of hydrogen-bond acceptors (Lipinski definition) is 5. The van der Waals surface area contributed by atoms with Crippen LogP contribution in [0.15, 0.2) is 29.1 Å². The number of carbonyl (C=O) groups excluding carboxylic acids is 1. The molecule has 3 rings (SSSR count). The third-order valence-corrected chi connectivity index (χ3v) is 4.36. The summed E-state index contributed by atoms with van der Waals surface area (Å²) in [6, 6.07) is 6.85. The third kappa shape index (κ3) is 3.84. The van der Waals surface area contributed by atoms with Crippen molar-refractivity contribution in [3.8, 4) is 0 Å². The lowest BCUT2D eigenvalue weighted by atomic mass is 10.1. The Bertz CT molecular complexity index is 821. The molecule has 25 heavy (non-hydrogen) atoms. The van der Waals surface area contributed by atoms with E-state index in [4.69, 9.17) is 0 Å². The maximum Gasteiger partial charge on any atom is 0.274 e. The second-order valence-electron chi connectivity index (χ2n) is 6.43. The van der Waals surface area contributed by atoms with Crippen LogP contribution in [0.1, 0.15) is 30.4 Å². The van der Waals surface area contributed by atoms with Gasteiger partial charge in [-0.25, -0.2) is 4.68 Å². The van der Waals surface area contributed by atoms with E-state index in [2.05, 4.69) is 15.7 Å². The van der Waals surface area contributed by atoms with Crippen molar-refractivity contribution in [2.24, 2.45) is 5.92 Å². The number of benzene rings is 1. The van der Waals surface area contributed by atoms with Crippen LogP contribution in [0.2, 0.25) is 0 Å². The summed E-state index contributed by atoms with van der Waals surface area (Å²) in [5, 5.41) is 21.0. The van der Waals surface area contributed by atoms with Crippen molar-refractivity contribution in [1.29, 1.82) is 0 Å². The first-order valence-electron chi connectivity index (χ1n) is 8.17. The summed E-state index contributed by atoms with van der Waals surface area (Å²) in [5.41, 5.74) is 0.0342. The van der Waals surface area contributed by atoms with E-state index in [1.807, 2.05) is 13.8 Å². The van der Waals surface area contributed by atoms with Gasteiger partial charge in [0.25, 0.3) is 11.5 Å². The van der Waals surface area contributed by atoms with Crippen LogP contribution >= 0.6 is 12.4 Å². The number of nitrogens with zero attached hydrogens (tertiary/aromatic N) is 2. The van der Waals surface area contributed by atoms with E-state index < -0.39 is 6.10 Å². The molecule has 0 aliphatic carbocycles. The molecule has 136 valence electrons. The third-order valence-electron chi connectivity index (χ3n) is 4.36. The Balaban J connectivity index is 0.00000225. The summed E-state index contributed by atoms with van der Waals surface area (Å²) < 4.78 is 1.34. The number of aliphatic hydroxyl groups is 1. The Labute approximate surface area is 151 Å². The van der Waals surface area contributed by atoms with Gasteiger partial charge < -0.3 is 15.7 Å². The second-order valence-corrected chi connectivity index (χ2v) is 6.43. The van der Waals surface area contributed by atoms with Crippen LogP contribution in [0.5, 0.6) is 0 Å². The standard InChI is InChI=1S/C17H22N4O3.ClH/c1-10(2)21-17(24)13-6-4-3-5-12(13)15(20-21)16(23)19-8-11-7-18-9-14(11)22;/h3-6,10-11,14,18,22H,7-9H2,1-2H3,(H,19,23);1H. The van der Waals surface area contributed by atoms with Gasteiger partial charge in [0.2, 0.25) is 0 Å². The zero-order chi connectivity index (χ0) is 17.3. The predicted octanol–water partition coefficient (Wildman–Crippen LogP) is 0.709. The van der Waals surface area contributed by atoms with Gasteiger partial charge in [-0.3, -0.25) is 9.59 Å². The number of rotatable bonds is 4. The average Bonchev–Trinajstić information content (AvgIpc) is 2.98. The Morgan fingerprint density at radius 2 is 2.04 bits per heavy atom. The Hall–Kier alpha value is -1.96. The summed E-state index contributed by atoms with van der Waals surface area (Å²) in [4.78, 5) is 25.1.